The fourth-order valence-electron chi connectivity index (χ4n) is 1.88. The van der Waals surface area contributed by atoms with Crippen molar-refractivity contribution in [3.8, 4) is 0 Å². The third-order valence-corrected chi connectivity index (χ3v) is 2.77. The minimum absolute atomic E-state index is 0.907. The zero-order valence-corrected chi connectivity index (χ0v) is 9.34. The van der Waals surface area contributed by atoms with Crippen LogP contribution in [-0.2, 0) is 0 Å². The van der Waals surface area contributed by atoms with Gasteiger partial charge in [-0.2, -0.15) is 0 Å². The topological polar surface area (TPSA) is 13.1 Å². The van der Waals surface area contributed by atoms with Gasteiger partial charge in [-0.15, -0.1) is 0 Å². The maximum absolute atomic E-state index is 5.55. The first-order chi connectivity index (χ1) is 8.43. The van der Waals surface area contributed by atoms with Crippen molar-refractivity contribution in [2.24, 2.45) is 0 Å². The third-order valence-electron chi connectivity index (χ3n) is 2.77. The molecule has 0 aliphatic rings. The van der Waals surface area contributed by atoms with Gasteiger partial charge in [0, 0.05) is 0 Å². The predicted octanol–water partition coefficient (Wildman–Crippen LogP) is 3.94. The molecule has 0 N–H and O–H groups in total. The van der Waals surface area contributed by atoms with Crippen molar-refractivity contribution in [1.82, 2.24) is 0 Å². The Labute approximate surface area is 101 Å². The van der Waals surface area contributed by atoms with Crippen molar-refractivity contribution in [2.45, 2.75) is 0 Å². The van der Waals surface area contributed by atoms with Gasteiger partial charge in [0.2, 0.25) is 0 Å². The Kier molecular flexibility index (Phi) is 2.62. The van der Waals surface area contributed by atoms with Crippen LogP contribution < -0.4 is 0 Å². The Balaban J connectivity index is 1.98. The van der Waals surface area contributed by atoms with Gasteiger partial charge in [-0.05, 0) is 0 Å². The van der Waals surface area contributed by atoms with Crippen LogP contribution in [0.15, 0.2) is 58.9 Å². The number of rotatable bonds is 2. The fourth-order valence-corrected chi connectivity index (χ4v) is 1.88. The van der Waals surface area contributed by atoms with E-state index in [2.05, 4.69) is 30.3 Å². The van der Waals surface area contributed by atoms with Crippen LogP contribution >= 0.6 is 0 Å². The predicted molar refractivity (Wildman–Crippen MR) is 72.9 cm³/mol. The zero-order valence-electron chi connectivity index (χ0n) is 9.34. The second kappa shape index (κ2) is 4.42. The first-order valence-electron chi connectivity index (χ1n) is 5.63. The van der Waals surface area contributed by atoms with Gasteiger partial charge in [0.15, 0.2) is 0 Å². The monoisotopic (exact) mass is 218 g/mol. The Morgan fingerprint density at radius 1 is 0.824 bits per heavy atom. The van der Waals surface area contributed by atoms with Gasteiger partial charge in [0.1, 0.15) is 0 Å². The van der Waals surface area contributed by atoms with Crippen LogP contribution in [0.3, 0.4) is 0 Å². The Morgan fingerprint density at radius 3 is 2.47 bits per heavy atom. The van der Waals surface area contributed by atoms with Crippen LogP contribution in [0.2, 0.25) is 0 Å². The summed E-state index contributed by atoms with van der Waals surface area (Å²) in [6, 6.07) is 18.4. The first kappa shape index (κ1) is 10.1. The third kappa shape index (κ3) is 2.07. The molecule has 1 heterocycles. The van der Waals surface area contributed by atoms with Crippen LogP contribution in [-0.4, -0.2) is 7.13 Å². The van der Waals surface area contributed by atoms with Crippen molar-refractivity contribution < 1.29 is 4.33 Å². The summed E-state index contributed by atoms with van der Waals surface area (Å²) in [7, 11) is 1.79. The van der Waals surface area contributed by atoms with E-state index in [1.54, 1.807) is 7.13 Å². The van der Waals surface area contributed by atoms with E-state index in [0.717, 1.165) is 16.4 Å². The van der Waals surface area contributed by atoms with Gasteiger partial charge in [-0.3, -0.25) is 0 Å². The van der Waals surface area contributed by atoms with Crippen LogP contribution in [0.5, 0.6) is 0 Å². The molecule has 0 spiro atoms. The van der Waals surface area contributed by atoms with Crippen LogP contribution in [0, 0.1) is 0 Å². The molecule has 2 aromatic carbocycles. The summed E-state index contributed by atoms with van der Waals surface area (Å²) in [5.74, 6) is 0.907. The van der Waals surface area contributed by atoms with Crippen molar-refractivity contribution in [3.05, 3.63) is 65.9 Å². The van der Waals surface area contributed by atoms with Gasteiger partial charge in [-0.1, -0.05) is 0 Å². The van der Waals surface area contributed by atoms with Crippen molar-refractivity contribution in [2.75, 3.05) is 0 Å². The second-order valence-corrected chi connectivity index (χ2v) is 3.93. The molecular weight excluding hydrogens is 207 g/mol. The molecule has 0 unspecified atom stereocenters. The van der Waals surface area contributed by atoms with Crippen LogP contribution in [0.25, 0.3) is 22.8 Å². The Hall–Kier alpha value is -2.09. The number of benzene rings is 2. The summed E-state index contributed by atoms with van der Waals surface area (Å²) in [5, 5.41) is 2.29. The van der Waals surface area contributed by atoms with E-state index < -0.39 is 0 Å². The molecule has 1 aromatic heterocycles. The van der Waals surface area contributed by atoms with Crippen LogP contribution in [0.4, 0.5) is 0 Å². The number of hydrogen-bond acceptors (Lipinski definition) is 1. The SMILES string of the molecule is b1oc(C=Cc2ccccc2)c2ccccc12. The molecule has 2 heteroatoms. The van der Waals surface area contributed by atoms with E-state index in [1.807, 2.05) is 36.4 Å². The van der Waals surface area contributed by atoms with Crippen molar-refractivity contribution in [1.29, 1.82) is 0 Å². The first-order valence-corrected chi connectivity index (χ1v) is 5.63. The summed E-state index contributed by atoms with van der Waals surface area (Å²) in [5.41, 5.74) is 1.17. The van der Waals surface area contributed by atoms with Gasteiger partial charge in [0.05, 0.1) is 0 Å². The minimum atomic E-state index is 0.907. The normalized spacial score (nSPS) is 11.1. The van der Waals surface area contributed by atoms with Gasteiger partial charge in [-0.25, -0.2) is 0 Å². The molecule has 3 rings (SSSR count). The zero-order chi connectivity index (χ0) is 11.5. The molecule has 1 nitrogen and oxygen atoms in total. The molecule has 0 bridgehead atoms. The Morgan fingerprint density at radius 2 is 1.59 bits per heavy atom. The molecule has 0 atom stereocenters. The standard InChI is InChI=1S/C15H11BO/c1-2-6-12(7-3-1)10-11-15-13-8-4-5-9-14(13)16-17-15/h1-11H. The molecule has 0 saturated heterocycles. The molecule has 3 aromatic rings. The summed E-state index contributed by atoms with van der Waals surface area (Å²) in [4.78, 5) is 0. The molecule has 0 radical (unpaired) electrons. The summed E-state index contributed by atoms with van der Waals surface area (Å²) < 4.78 is 5.55. The fraction of sp³-hybridized carbons (Fsp3) is 0. The van der Waals surface area contributed by atoms with Crippen LogP contribution in [0.1, 0.15) is 11.3 Å². The Bertz CT molecular complexity index is 653. The van der Waals surface area contributed by atoms with E-state index in [9.17, 15) is 0 Å². The average Bonchev–Trinajstić information content (AvgIpc) is 2.81. The molecule has 80 valence electrons. The van der Waals surface area contributed by atoms with E-state index >= 15 is 0 Å². The summed E-state index contributed by atoms with van der Waals surface area (Å²) in [6.45, 7) is 0. The molecule has 0 aliphatic carbocycles. The van der Waals surface area contributed by atoms with Gasteiger partial charge < -0.3 is 0 Å². The van der Waals surface area contributed by atoms with E-state index in [4.69, 9.17) is 4.33 Å². The van der Waals surface area contributed by atoms with E-state index in [0.29, 0.717) is 0 Å². The summed E-state index contributed by atoms with van der Waals surface area (Å²) >= 11 is 0. The average molecular weight is 218 g/mol. The molecule has 17 heavy (non-hydrogen) atoms. The molecular formula is C15H11BO. The molecule has 0 amide bonds. The molecule has 0 aliphatic heterocycles. The second-order valence-electron chi connectivity index (χ2n) is 3.93. The van der Waals surface area contributed by atoms with Crippen molar-refractivity contribution in [3.63, 3.8) is 0 Å². The van der Waals surface area contributed by atoms with Gasteiger partial charge >= 0.3 is 100 Å². The van der Waals surface area contributed by atoms with E-state index in [1.165, 1.54) is 5.56 Å². The molecule has 0 saturated carbocycles. The van der Waals surface area contributed by atoms with E-state index in [-0.39, 0.29) is 0 Å². The van der Waals surface area contributed by atoms with Gasteiger partial charge in [0.25, 0.3) is 0 Å². The molecule has 0 fully saturated rings. The summed E-state index contributed by atoms with van der Waals surface area (Å²) in [6.07, 6.45) is 4.07. The van der Waals surface area contributed by atoms with Crippen molar-refractivity contribution >= 4 is 29.9 Å². The maximum atomic E-state index is 5.55. The number of fused-ring (bicyclic) bond motifs is 1. The number of hydrogen-bond donors (Lipinski definition) is 0. The quantitative estimate of drug-likeness (QED) is 0.634.